The molecule has 1 aliphatic rings. The maximum absolute atomic E-state index is 11.4. The maximum Gasteiger partial charge on any atom is 0.302 e. The summed E-state index contributed by atoms with van der Waals surface area (Å²) in [4.78, 5) is 21.9. The van der Waals surface area contributed by atoms with Crippen LogP contribution in [-0.2, 0) is 14.3 Å². The molecule has 0 aromatic carbocycles. The average Bonchev–Trinajstić information content (AvgIpc) is 2.28. The summed E-state index contributed by atoms with van der Waals surface area (Å²) in [5.74, 6) is -0.0625. The number of allylic oxidation sites excluding steroid dienone is 2. The highest BCUT2D eigenvalue weighted by Crippen LogP contribution is 2.14. The SMILES string of the molecule is CC(=O)OC/C=C/CC[C@H]1NC=CC(=O)[C@@H]1C. The summed E-state index contributed by atoms with van der Waals surface area (Å²) in [6, 6.07) is 0.200. The first-order chi connectivity index (χ1) is 8.11. The van der Waals surface area contributed by atoms with Gasteiger partial charge in [-0.2, -0.15) is 0 Å². The number of hydrogen-bond acceptors (Lipinski definition) is 4. The first-order valence-corrected chi connectivity index (χ1v) is 5.86. The Morgan fingerprint density at radius 1 is 1.53 bits per heavy atom. The molecule has 0 aromatic rings. The van der Waals surface area contributed by atoms with Gasteiger partial charge in [0.25, 0.3) is 0 Å². The minimum atomic E-state index is -0.270. The number of ketones is 1. The van der Waals surface area contributed by atoms with E-state index < -0.39 is 0 Å². The van der Waals surface area contributed by atoms with Crippen molar-refractivity contribution in [2.24, 2.45) is 5.92 Å². The minimum Gasteiger partial charge on any atom is -0.462 e. The molecule has 0 aromatic heterocycles. The Balaban J connectivity index is 2.20. The van der Waals surface area contributed by atoms with E-state index in [1.807, 2.05) is 19.1 Å². The number of esters is 1. The summed E-state index contributed by atoms with van der Waals surface area (Å²) >= 11 is 0. The quantitative estimate of drug-likeness (QED) is 0.582. The van der Waals surface area contributed by atoms with Gasteiger partial charge in [0.1, 0.15) is 6.61 Å². The summed E-state index contributed by atoms with van der Waals surface area (Å²) in [5, 5.41) is 3.19. The number of hydrogen-bond donors (Lipinski definition) is 1. The molecule has 0 unspecified atom stereocenters. The van der Waals surface area contributed by atoms with Crippen molar-refractivity contribution < 1.29 is 14.3 Å². The Morgan fingerprint density at radius 2 is 2.29 bits per heavy atom. The van der Waals surface area contributed by atoms with E-state index >= 15 is 0 Å². The number of carbonyl (C=O) groups is 2. The molecule has 4 heteroatoms. The second-order valence-electron chi connectivity index (χ2n) is 4.15. The maximum atomic E-state index is 11.4. The molecule has 0 fully saturated rings. The molecule has 94 valence electrons. The number of carbonyl (C=O) groups excluding carboxylic acids is 2. The second kappa shape index (κ2) is 6.89. The van der Waals surface area contributed by atoms with Crippen LogP contribution in [0.1, 0.15) is 26.7 Å². The third kappa shape index (κ3) is 4.85. The van der Waals surface area contributed by atoms with E-state index in [1.54, 1.807) is 12.3 Å². The van der Waals surface area contributed by atoms with Crippen molar-refractivity contribution >= 4 is 11.8 Å². The van der Waals surface area contributed by atoms with Crippen LogP contribution in [0, 0.1) is 5.92 Å². The zero-order chi connectivity index (χ0) is 12.7. The van der Waals surface area contributed by atoms with Crippen LogP contribution in [0.4, 0.5) is 0 Å². The van der Waals surface area contributed by atoms with E-state index in [4.69, 9.17) is 4.74 Å². The molecule has 2 atom stereocenters. The normalized spacial score (nSPS) is 23.8. The van der Waals surface area contributed by atoms with E-state index in [-0.39, 0.29) is 23.7 Å². The lowest BCUT2D eigenvalue weighted by molar-refractivity contribution is -0.139. The Labute approximate surface area is 102 Å². The standard InChI is InChI=1S/C13H19NO3/c1-10-12(14-8-7-13(10)16)6-4-3-5-9-17-11(2)15/h3,5,7-8,10,12,14H,4,6,9H2,1-2H3/b5-3+/t10-,12-/m1/s1. The van der Waals surface area contributed by atoms with Crippen LogP contribution in [0.2, 0.25) is 0 Å². The van der Waals surface area contributed by atoms with Gasteiger partial charge in [-0.05, 0) is 18.9 Å². The lowest BCUT2D eigenvalue weighted by atomic mass is 9.91. The molecule has 1 rings (SSSR count). The molecule has 0 bridgehead atoms. The molecule has 17 heavy (non-hydrogen) atoms. The zero-order valence-corrected chi connectivity index (χ0v) is 10.3. The summed E-state index contributed by atoms with van der Waals surface area (Å²) in [5.41, 5.74) is 0. The predicted molar refractivity (Wildman–Crippen MR) is 65.2 cm³/mol. The van der Waals surface area contributed by atoms with Crippen LogP contribution >= 0.6 is 0 Å². The number of ether oxygens (including phenoxy) is 1. The van der Waals surface area contributed by atoms with Gasteiger partial charge in [0.05, 0.1) is 0 Å². The van der Waals surface area contributed by atoms with Crippen molar-refractivity contribution in [2.45, 2.75) is 32.7 Å². The van der Waals surface area contributed by atoms with Gasteiger partial charge in [-0.3, -0.25) is 9.59 Å². The van der Waals surface area contributed by atoms with Gasteiger partial charge in [0.15, 0.2) is 5.78 Å². The molecule has 0 radical (unpaired) electrons. The Morgan fingerprint density at radius 3 is 3.00 bits per heavy atom. The zero-order valence-electron chi connectivity index (χ0n) is 10.3. The third-order valence-electron chi connectivity index (χ3n) is 2.80. The number of nitrogens with one attached hydrogen (secondary N) is 1. The van der Waals surface area contributed by atoms with Crippen molar-refractivity contribution in [1.82, 2.24) is 5.32 Å². The van der Waals surface area contributed by atoms with Crippen molar-refractivity contribution in [2.75, 3.05) is 6.61 Å². The monoisotopic (exact) mass is 237 g/mol. The Kier molecular flexibility index (Phi) is 5.46. The fourth-order valence-corrected chi connectivity index (χ4v) is 1.71. The van der Waals surface area contributed by atoms with Crippen LogP contribution in [0.5, 0.6) is 0 Å². The van der Waals surface area contributed by atoms with Gasteiger partial charge in [0.2, 0.25) is 0 Å². The van der Waals surface area contributed by atoms with Gasteiger partial charge >= 0.3 is 5.97 Å². The molecule has 0 saturated heterocycles. The highest BCUT2D eigenvalue weighted by Gasteiger charge is 2.23. The van der Waals surface area contributed by atoms with E-state index in [9.17, 15) is 9.59 Å². The molecule has 4 nitrogen and oxygen atoms in total. The van der Waals surface area contributed by atoms with Crippen LogP contribution in [0.3, 0.4) is 0 Å². The van der Waals surface area contributed by atoms with Gasteiger partial charge < -0.3 is 10.1 Å². The van der Waals surface area contributed by atoms with Crippen molar-refractivity contribution in [3.05, 3.63) is 24.4 Å². The molecule has 0 spiro atoms. The van der Waals surface area contributed by atoms with Gasteiger partial charge in [0, 0.05) is 25.1 Å². The Hall–Kier alpha value is -1.58. The average molecular weight is 237 g/mol. The molecule has 1 heterocycles. The fraction of sp³-hybridized carbons (Fsp3) is 0.538. The van der Waals surface area contributed by atoms with E-state index in [2.05, 4.69) is 5.32 Å². The van der Waals surface area contributed by atoms with Gasteiger partial charge in [-0.15, -0.1) is 0 Å². The molecule has 0 aliphatic carbocycles. The molecular weight excluding hydrogens is 218 g/mol. The molecule has 1 N–H and O–H groups in total. The lowest BCUT2D eigenvalue weighted by Crippen LogP contribution is -2.38. The second-order valence-corrected chi connectivity index (χ2v) is 4.15. The van der Waals surface area contributed by atoms with Crippen molar-refractivity contribution in [1.29, 1.82) is 0 Å². The summed E-state index contributed by atoms with van der Waals surface area (Å²) < 4.78 is 4.77. The lowest BCUT2D eigenvalue weighted by Gasteiger charge is -2.25. The predicted octanol–water partition coefficient (Wildman–Crippen LogP) is 1.58. The van der Waals surface area contributed by atoms with Crippen LogP contribution < -0.4 is 5.32 Å². The molecule has 1 aliphatic heterocycles. The minimum absolute atomic E-state index is 0.0295. The summed E-state index contributed by atoms with van der Waals surface area (Å²) in [7, 11) is 0. The highest BCUT2D eigenvalue weighted by atomic mass is 16.5. The van der Waals surface area contributed by atoms with E-state index in [1.165, 1.54) is 6.92 Å². The molecule has 0 saturated carbocycles. The van der Waals surface area contributed by atoms with Crippen molar-refractivity contribution in [3.8, 4) is 0 Å². The smallest absolute Gasteiger partial charge is 0.302 e. The van der Waals surface area contributed by atoms with E-state index in [0.717, 1.165) is 12.8 Å². The first kappa shape index (κ1) is 13.5. The molecular formula is C13H19NO3. The summed E-state index contributed by atoms with van der Waals surface area (Å²) in [6.07, 6.45) is 8.86. The van der Waals surface area contributed by atoms with Gasteiger partial charge in [-0.25, -0.2) is 0 Å². The largest absolute Gasteiger partial charge is 0.462 e. The fourth-order valence-electron chi connectivity index (χ4n) is 1.71. The highest BCUT2D eigenvalue weighted by molar-refractivity contribution is 5.92. The van der Waals surface area contributed by atoms with Crippen LogP contribution in [0.25, 0.3) is 0 Å². The third-order valence-corrected chi connectivity index (χ3v) is 2.80. The Bertz CT molecular complexity index is 334. The van der Waals surface area contributed by atoms with Crippen molar-refractivity contribution in [3.63, 3.8) is 0 Å². The van der Waals surface area contributed by atoms with Crippen LogP contribution in [0.15, 0.2) is 24.4 Å². The first-order valence-electron chi connectivity index (χ1n) is 5.86. The summed E-state index contributed by atoms with van der Waals surface area (Å²) in [6.45, 7) is 3.65. The number of rotatable bonds is 5. The van der Waals surface area contributed by atoms with Gasteiger partial charge in [-0.1, -0.05) is 19.1 Å². The topological polar surface area (TPSA) is 55.4 Å². The van der Waals surface area contributed by atoms with E-state index in [0.29, 0.717) is 6.61 Å². The molecule has 0 amide bonds. The van der Waals surface area contributed by atoms with Crippen LogP contribution in [-0.4, -0.2) is 24.4 Å².